The second kappa shape index (κ2) is 6.24. The molecule has 0 aliphatic heterocycles. The number of nitrogens with zero attached hydrogens (tertiary/aromatic N) is 1. The van der Waals surface area contributed by atoms with E-state index < -0.39 is 6.10 Å². The Morgan fingerprint density at radius 2 is 1.89 bits per heavy atom. The molecule has 18 heavy (non-hydrogen) atoms. The fourth-order valence-electron chi connectivity index (χ4n) is 3.04. The van der Waals surface area contributed by atoms with Crippen LogP contribution in [-0.2, 0) is 0 Å². The molecule has 0 saturated heterocycles. The molecule has 2 heteroatoms. The van der Waals surface area contributed by atoms with Gasteiger partial charge in [0.05, 0.1) is 6.10 Å². The topological polar surface area (TPSA) is 23.5 Å². The summed E-state index contributed by atoms with van der Waals surface area (Å²) in [6.07, 6.45) is 6.51. The molecule has 2 rings (SSSR count). The Bertz CT molecular complexity index is 369. The molecule has 1 aliphatic rings. The maximum absolute atomic E-state index is 9.83. The Kier molecular flexibility index (Phi) is 4.65. The van der Waals surface area contributed by atoms with Gasteiger partial charge in [-0.2, -0.15) is 0 Å². The molecule has 0 unspecified atom stereocenters. The largest absolute Gasteiger partial charge is 0.389 e. The molecule has 0 radical (unpaired) electrons. The first-order valence-corrected chi connectivity index (χ1v) is 7.16. The van der Waals surface area contributed by atoms with Crippen LogP contribution in [0.1, 0.15) is 50.7 Å². The van der Waals surface area contributed by atoms with Crippen molar-refractivity contribution in [1.82, 2.24) is 0 Å². The fourth-order valence-corrected chi connectivity index (χ4v) is 3.04. The predicted octanol–water partition coefficient (Wildman–Crippen LogP) is 3.76. The minimum absolute atomic E-state index is 0.394. The lowest BCUT2D eigenvalue weighted by Crippen LogP contribution is -2.27. The Balaban J connectivity index is 2.05. The summed E-state index contributed by atoms with van der Waals surface area (Å²) < 4.78 is 0. The van der Waals surface area contributed by atoms with E-state index >= 15 is 0 Å². The lowest BCUT2D eigenvalue weighted by atomic mass is 9.89. The highest BCUT2D eigenvalue weighted by Gasteiger charge is 2.17. The van der Waals surface area contributed by atoms with Gasteiger partial charge in [0.15, 0.2) is 0 Å². The predicted molar refractivity (Wildman–Crippen MR) is 76.9 cm³/mol. The Morgan fingerprint density at radius 1 is 1.22 bits per heavy atom. The summed E-state index contributed by atoms with van der Waals surface area (Å²) in [7, 11) is 2.15. The lowest BCUT2D eigenvalue weighted by molar-refractivity contribution is 0.199. The number of aliphatic hydroxyl groups excluding tert-OH is 1. The van der Waals surface area contributed by atoms with Crippen LogP contribution in [-0.4, -0.2) is 18.7 Å². The van der Waals surface area contributed by atoms with Crippen molar-refractivity contribution in [1.29, 1.82) is 0 Å². The molecule has 1 atom stereocenters. The van der Waals surface area contributed by atoms with Crippen LogP contribution >= 0.6 is 0 Å². The highest BCUT2D eigenvalue weighted by Crippen LogP contribution is 2.29. The summed E-state index contributed by atoms with van der Waals surface area (Å²) in [6, 6.07) is 8.20. The van der Waals surface area contributed by atoms with Crippen LogP contribution in [0.15, 0.2) is 24.3 Å². The second-order valence-corrected chi connectivity index (χ2v) is 5.62. The Morgan fingerprint density at radius 3 is 2.56 bits per heavy atom. The SMILES string of the molecule is C[C@@H](O)c1ccccc1N(C)CC1CCCCC1. The zero-order valence-electron chi connectivity index (χ0n) is 11.6. The number of hydrogen-bond acceptors (Lipinski definition) is 2. The minimum atomic E-state index is -0.394. The molecule has 1 aliphatic carbocycles. The van der Waals surface area contributed by atoms with E-state index in [9.17, 15) is 5.11 Å². The number of para-hydroxylation sites is 1. The summed E-state index contributed by atoms with van der Waals surface area (Å²) in [6.45, 7) is 2.96. The highest BCUT2D eigenvalue weighted by atomic mass is 16.3. The molecule has 0 bridgehead atoms. The quantitative estimate of drug-likeness (QED) is 0.875. The van der Waals surface area contributed by atoms with Crippen molar-refractivity contribution in [3.63, 3.8) is 0 Å². The lowest BCUT2D eigenvalue weighted by Gasteiger charge is -2.30. The van der Waals surface area contributed by atoms with Crippen molar-refractivity contribution in [2.75, 3.05) is 18.5 Å². The molecule has 2 nitrogen and oxygen atoms in total. The summed E-state index contributed by atoms with van der Waals surface area (Å²) in [5, 5.41) is 9.83. The van der Waals surface area contributed by atoms with Gasteiger partial charge in [-0.05, 0) is 31.7 Å². The van der Waals surface area contributed by atoms with Crippen molar-refractivity contribution >= 4 is 5.69 Å². The van der Waals surface area contributed by atoms with Crippen LogP contribution in [0.4, 0.5) is 5.69 Å². The van der Waals surface area contributed by atoms with Crippen LogP contribution in [0.25, 0.3) is 0 Å². The smallest absolute Gasteiger partial charge is 0.0781 e. The first kappa shape index (κ1) is 13.4. The van der Waals surface area contributed by atoms with E-state index in [0.29, 0.717) is 0 Å². The Labute approximate surface area is 111 Å². The van der Waals surface area contributed by atoms with E-state index in [4.69, 9.17) is 0 Å². The van der Waals surface area contributed by atoms with Crippen molar-refractivity contribution < 1.29 is 5.11 Å². The van der Waals surface area contributed by atoms with E-state index in [1.54, 1.807) is 0 Å². The summed E-state index contributed by atoms with van der Waals surface area (Å²) in [5.74, 6) is 0.825. The first-order chi connectivity index (χ1) is 8.68. The molecular formula is C16H25NO. The van der Waals surface area contributed by atoms with Gasteiger partial charge in [-0.1, -0.05) is 37.5 Å². The summed E-state index contributed by atoms with van der Waals surface area (Å²) in [5.41, 5.74) is 2.22. The van der Waals surface area contributed by atoms with E-state index in [2.05, 4.69) is 24.1 Å². The average molecular weight is 247 g/mol. The summed E-state index contributed by atoms with van der Waals surface area (Å²) in [4.78, 5) is 2.32. The van der Waals surface area contributed by atoms with Gasteiger partial charge in [-0.25, -0.2) is 0 Å². The van der Waals surface area contributed by atoms with Gasteiger partial charge in [0.2, 0.25) is 0 Å². The van der Waals surface area contributed by atoms with Crippen LogP contribution in [0.2, 0.25) is 0 Å². The zero-order chi connectivity index (χ0) is 13.0. The van der Waals surface area contributed by atoms with Crippen LogP contribution < -0.4 is 4.90 Å². The van der Waals surface area contributed by atoms with E-state index in [1.807, 2.05) is 19.1 Å². The molecule has 1 saturated carbocycles. The van der Waals surface area contributed by atoms with E-state index in [1.165, 1.54) is 37.8 Å². The van der Waals surface area contributed by atoms with Crippen molar-refractivity contribution in [2.24, 2.45) is 5.92 Å². The van der Waals surface area contributed by atoms with Crippen molar-refractivity contribution in [3.05, 3.63) is 29.8 Å². The third kappa shape index (κ3) is 3.26. The number of anilines is 1. The van der Waals surface area contributed by atoms with Crippen molar-refractivity contribution in [3.8, 4) is 0 Å². The maximum atomic E-state index is 9.83. The summed E-state index contributed by atoms with van der Waals surface area (Å²) >= 11 is 0. The zero-order valence-corrected chi connectivity index (χ0v) is 11.6. The molecule has 1 aromatic rings. The number of benzene rings is 1. The molecule has 1 aromatic carbocycles. The average Bonchev–Trinajstić information content (AvgIpc) is 2.40. The molecule has 1 N–H and O–H groups in total. The molecule has 0 heterocycles. The number of hydrogen-bond donors (Lipinski definition) is 1. The number of rotatable bonds is 4. The second-order valence-electron chi connectivity index (χ2n) is 5.62. The van der Waals surface area contributed by atoms with Crippen LogP contribution in [0.5, 0.6) is 0 Å². The third-order valence-corrected chi connectivity index (χ3v) is 4.05. The molecule has 0 aromatic heterocycles. The minimum Gasteiger partial charge on any atom is -0.389 e. The standard InChI is InChI=1S/C16H25NO/c1-13(18)15-10-6-7-11-16(15)17(2)12-14-8-4-3-5-9-14/h6-7,10-11,13-14,18H,3-5,8-9,12H2,1-2H3/t13-/m1/s1. The maximum Gasteiger partial charge on any atom is 0.0781 e. The molecular weight excluding hydrogens is 222 g/mol. The van der Waals surface area contributed by atoms with Gasteiger partial charge in [0.1, 0.15) is 0 Å². The molecule has 1 fully saturated rings. The molecule has 0 spiro atoms. The van der Waals surface area contributed by atoms with Gasteiger partial charge >= 0.3 is 0 Å². The fraction of sp³-hybridized carbons (Fsp3) is 0.625. The number of aliphatic hydroxyl groups is 1. The van der Waals surface area contributed by atoms with E-state index in [-0.39, 0.29) is 0 Å². The van der Waals surface area contributed by atoms with Crippen LogP contribution in [0.3, 0.4) is 0 Å². The highest BCUT2D eigenvalue weighted by molar-refractivity contribution is 5.53. The van der Waals surface area contributed by atoms with Gasteiger partial charge in [0.25, 0.3) is 0 Å². The van der Waals surface area contributed by atoms with Crippen LogP contribution in [0, 0.1) is 5.92 Å². The monoisotopic (exact) mass is 247 g/mol. The normalized spacial score (nSPS) is 18.6. The van der Waals surface area contributed by atoms with Gasteiger partial charge in [-0.15, -0.1) is 0 Å². The van der Waals surface area contributed by atoms with E-state index in [0.717, 1.165) is 18.0 Å². The van der Waals surface area contributed by atoms with Crippen molar-refractivity contribution in [2.45, 2.75) is 45.1 Å². The van der Waals surface area contributed by atoms with Gasteiger partial charge < -0.3 is 10.0 Å². The molecule has 100 valence electrons. The first-order valence-electron chi connectivity index (χ1n) is 7.16. The van der Waals surface area contributed by atoms with Gasteiger partial charge in [0, 0.05) is 24.8 Å². The van der Waals surface area contributed by atoms with Gasteiger partial charge in [-0.3, -0.25) is 0 Å². The Hall–Kier alpha value is -1.02. The molecule has 0 amide bonds. The third-order valence-electron chi connectivity index (χ3n) is 4.05.